The van der Waals surface area contributed by atoms with Gasteiger partial charge >= 0.3 is 11.7 Å². The minimum atomic E-state index is -0.738. The van der Waals surface area contributed by atoms with Gasteiger partial charge in [-0.2, -0.15) is 0 Å². The number of nitro groups is 1. The summed E-state index contributed by atoms with van der Waals surface area (Å²) in [5.74, 6) is -1.01. The molecule has 1 aromatic heterocycles. The Kier molecular flexibility index (Phi) is 6.90. The lowest BCUT2D eigenvalue weighted by Crippen LogP contribution is -2.39. The van der Waals surface area contributed by atoms with E-state index in [0.717, 1.165) is 21.8 Å². The van der Waals surface area contributed by atoms with Crippen LogP contribution in [-0.4, -0.2) is 33.4 Å². The number of phenols is 1. The van der Waals surface area contributed by atoms with Crippen molar-refractivity contribution in [3.05, 3.63) is 94.7 Å². The van der Waals surface area contributed by atoms with Crippen LogP contribution < -0.4 is 14.9 Å². The third-order valence-electron chi connectivity index (χ3n) is 5.44. The molecule has 0 spiro atoms. The van der Waals surface area contributed by atoms with Crippen LogP contribution in [0.25, 0.3) is 6.08 Å². The van der Waals surface area contributed by atoms with Crippen molar-refractivity contribution in [1.82, 2.24) is 4.57 Å². The lowest BCUT2D eigenvalue weighted by Gasteiger charge is -2.24. The first-order valence-electron chi connectivity index (χ1n) is 10.6. The van der Waals surface area contributed by atoms with Gasteiger partial charge in [0, 0.05) is 11.0 Å². The molecule has 1 aliphatic rings. The van der Waals surface area contributed by atoms with Gasteiger partial charge in [0.05, 0.1) is 33.4 Å². The van der Waals surface area contributed by atoms with Crippen LogP contribution in [-0.2, 0) is 9.53 Å². The molecule has 0 fully saturated rings. The molecule has 0 amide bonds. The van der Waals surface area contributed by atoms with E-state index >= 15 is 0 Å². The van der Waals surface area contributed by atoms with Gasteiger partial charge in [-0.3, -0.25) is 19.5 Å². The smallest absolute Gasteiger partial charge is 0.338 e. The second-order valence-electron chi connectivity index (χ2n) is 7.58. The van der Waals surface area contributed by atoms with Gasteiger partial charge in [0.25, 0.3) is 5.56 Å². The fourth-order valence-electron chi connectivity index (χ4n) is 3.82. The molecule has 0 unspecified atom stereocenters. The predicted octanol–water partition coefficient (Wildman–Crippen LogP) is 3.13. The van der Waals surface area contributed by atoms with E-state index in [0.29, 0.717) is 16.1 Å². The molecular formula is C24H21N3O6S2. The van der Waals surface area contributed by atoms with Crippen molar-refractivity contribution in [2.24, 2.45) is 4.99 Å². The number of nitro benzene ring substituents is 1. The van der Waals surface area contributed by atoms with E-state index in [1.54, 1.807) is 25.6 Å². The van der Waals surface area contributed by atoms with Crippen LogP contribution >= 0.6 is 23.1 Å². The number of aromatic hydroxyl groups is 1. The van der Waals surface area contributed by atoms with Gasteiger partial charge in [-0.1, -0.05) is 29.5 Å². The molecule has 3 aromatic rings. The van der Waals surface area contributed by atoms with Gasteiger partial charge in [0.1, 0.15) is 0 Å². The molecule has 2 aromatic carbocycles. The third-order valence-corrected chi connectivity index (χ3v) is 7.17. The van der Waals surface area contributed by atoms with Gasteiger partial charge in [0.2, 0.25) is 0 Å². The molecule has 0 aliphatic carbocycles. The first-order valence-corrected chi connectivity index (χ1v) is 12.6. The van der Waals surface area contributed by atoms with Crippen molar-refractivity contribution in [1.29, 1.82) is 0 Å². The Morgan fingerprint density at radius 3 is 2.66 bits per heavy atom. The zero-order chi connectivity index (χ0) is 25.3. The summed E-state index contributed by atoms with van der Waals surface area (Å²) in [4.78, 5) is 42.9. The number of carbonyl (C=O) groups excluding carboxylic acids is 1. The number of allylic oxidation sites excluding steroid dienone is 1. The average molecular weight is 512 g/mol. The van der Waals surface area contributed by atoms with E-state index in [1.165, 1.54) is 28.8 Å². The summed E-state index contributed by atoms with van der Waals surface area (Å²) in [6.07, 6.45) is 3.47. The Hall–Kier alpha value is -3.70. The maximum atomic E-state index is 13.6. The summed E-state index contributed by atoms with van der Waals surface area (Å²) in [6, 6.07) is 10.7. The number of thioether (sulfide) groups is 1. The number of benzene rings is 2. The summed E-state index contributed by atoms with van der Waals surface area (Å²) >= 11 is 2.70. The fourth-order valence-corrected chi connectivity index (χ4v) is 5.28. The van der Waals surface area contributed by atoms with Crippen LogP contribution in [0.5, 0.6) is 5.75 Å². The number of aromatic nitrogens is 1. The van der Waals surface area contributed by atoms with Crippen molar-refractivity contribution in [2.75, 3.05) is 12.9 Å². The van der Waals surface area contributed by atoms with Gasteiger partial charge in [-0.25, -0.2) is 9.79 Å². The molecule has 4 rings (SSSR count). The molecule has 2 heterocycles. The predicted molar refractivity (Wildman–Crippen MR) is 133 cm³/mol. The van der Waals surface area contributed by atoms with E-state index in [2.05, 4.69) is 4.99 Å². The van der Waals surface area contributed by atoms with Crippen LogP contribution in [0.1, 0.15) is 31.0 Å². The SMILES string of the molecule is CCOC(=O)C1=C(C)N=c2s/c(=C\c3ccc(O)c([N+](=O)[O-])c3)c(=O)n2[C@H]1c1ccc(SC)cc1. The highest BCUT2D eigenvalue weighted by molar-refractivity contribution is 7.98. The molecule has 1 aliphatic heterocycles. The number of phenolic OH excluding ortho intramolecular Hbond substituents is 1. The van der Waals surface area contributed by atoms with E-state index in [1.807, 2.05) is 30.5 Å². The summed E-state index contributed by atoms with van der Waals surface area (Å²) in [5.41, 5.74) is 0.991. The summed E-state index contributed by atoms with van der Waals surface area (Å²) in [7, 11) is 0. The Morgan fingerprint density at radius 2 is 2.03 bits per heavy atom. The minimum Gasteiger partial charge on any atom is -0.502 e. The largest absolute Gasteiger partial charge is 0.502 e. The first-order chi connectivity index (χ1) is 16.7. The highest BCUT2D eigenvalue weighted by atomic mass is 32.2. The van der Waals surface area contributed by atoms with Crippen molar-refractivity contribution in [2.45, 2.75) is 24.8 Å². The first kappa shape index (κ1) is 24.4. The maximum absolute atomic E-state index is 13.6. The van der Waals surface area contributed by atoms with E-state index in [9.17, 15) is 24.8 Å². The van der Waals surface area contributed by atoms with Gasteiger partial charge < -0.3 is 9.84 Å². The topological polar surface area (TPSA) is 124 Å². The minimum absolute atomic E-state index is 0.178. The van der Waals surface area contributed by atoms with E-state index < -0.39 is 33.9 Å². The molecule has 0 saturated carbocycles. The van der Waals surface area contributed by atoms with Crippen LogP contribution in [0.2, 0.25) is 0 Å². The van der Waals surface area contributed by atoms with Crippen molar-refractivity contribution in [3.63, 3.8) is 0 Å². The van der Waals surface area contributed by atoms with Crippen molar-refractivity contribution >= 4 is 40.8 Å². The molecule has 35 heavy (non-hydrogen) atoms. The molecule has 1 N–H and O–H groups in total. The molecule has 180 valence electrons. The number of hydrogen-bond donors (Lipinski definition) is 1. The van der Waals surface area contributed by atoms with Crippen LogP contribution in [0.4, 0.5) is 5.69 Å². The van der Waals surface area contributed by atoms with Gasteiger partial charge in [-0.05, 0) is 55.5 Å². The number of esters is 1. The maximum Gasteiger partial charge on any atom is 0.338 e. The fraction of sp³-hybridized carbons (Fsp3) is 0.208. The summed E-state index contributed by atoms with van der Waals surface area (Å²) in [5, 5.41) is 20.9. The Labute approximate surface area is 207 Å². The molecule has 0 radical (unpaired) electrons. The number of nitrogens with zero attached hydrogens (tertiary/aromatic N) is 3. The number of rotatable bonds is 6. The monoisotopic (exact) mass is 511 g/mol. The highest BCUT2D eigenvalue weighted by Crippen LogP contribution is 2.32. The Bertz CT molecular complexity index is 1540. The lowest BCUT2D eigenvalue weighted by molar-refractivity contribution is -0.385. The van der Waals surface area contributed by atoms with E-state index in [4.69, 9.17) is 4.74 Å². The summed E-state index contributed by atoms with van der Waals surface area (Å²) < 4.78 is 7.03. The van der Waals surface area contributed by atoms with Crippen LogP contribution in [0, 0.1) is 10.1 Å². The van der Waals surface area contributed by atoms with Crippen molar-refractivity contribution < 1.29 is 19.6 Å². The third kappa shape index (κ3) is 4.64. The van der Waals surface area contributed by atoms with Gasteiger partial charge in [-0.15, -0.1) is 11.8 Å². The highest BCUT2D eigenvalue weighted by Gasteiger charge is 2.33. The second kappa shape index (κ2) is 9.88. The molecule has 0 saturated heterocycles. The van der Waals surface area contributed by atoms with E-state index in [-0.39, 0.29) is 16.7 Å². The lowest BCUT2D eigenvalue weighted by atomic mass is 9.96. The van der Waals surface area contributed by atoms with Gasteiger partial charge in [0.15, 0.2) is 10.6 Å². The number of hydrogen-bond acceptors (Lipinski definition) is 9. The van der Waals surface area contributed by atoms with Crippen LogP contribution in [0.3, 0.4) is 0 Å². The number of fused-ring (bicyclic) bond motifs is 1. The molecular weight excluding hydrogens is 490 g/mol. The standard InChI is InChI=1S/C24H21N3O6S2/c1-4-33-23(30)20-13(2)25-24-26(21(20)15-6-8-16(34-3)9-7-15)22(29)19(35-24)12-14-5-10-18(28)17(11-14)27(31)32/h5-12,21,28H,4H2,1-3H3/b19-12-/t21-/m0/s1. The molecule has 11 heteroatoms. The molecule has 0 bridgehead atoms. The van der Waals surface area contributed by atoms with Crippen LogP contribution in [0.15, 0.2) is 68.4 Å². The Morgan fingerprint density at radius 1 is 1.31 bits per heavy atom. The normalized spacial score (nSPS) is 15.5. The number of carbonyl (C=O) groups is 1. The zero-order valence-electron chi connectivity index (χ0n) is 19.0. The molecule has 9 nitrogen and oxygen atoms in total. The zero-order valence-corrected chi connectivity index (χ0v) is 20.7. The molecule has 1 atom stereocenters. The Balaban J connectivity index is 1.93. The average Bonchev–Trinajstić information content (AvgIpc) is 3.13. The van der Waals surface area contributed by atoms with Crippen molar-refractivity contribution in [3.8, 4) is 5.75 Å². The summed E-state index contributed by atoms with van der Waals surface area (Å²) in [6.45, 7) is 3.59. The number of thiazole rings is 1. The quantitative estimate of drug-likeness (QED) is 0.233. The number of ether oxygens (including phenoxy) is 1. The second-order valence-corrected chi connectivity index (χ2v) is 9.47.